The zero-order valence-corrected chi connectivity index (χ0v) is 11.6. The first-order chi connectivity index (χ1) is 8.97. The molecular formula is C12H6BrClO5. The van der Waals surface area contributed by atoms with Gasteiger partial charge in [0.05, 0.1) is 0 Å². The van der Waals surface area contributed by atoms with Gasteiger partial charge in [-0.1, -0.05) is 11.6 Å². The molecule has 0 atom stereocenters. The largest absolute Gasteiger partial charge is 0.478 e. The second kappa shape index (κ2) is 5.46. The lowest BCUT2D eigenvalue weighted by Gasteiger charge is -2.06. The summed E-state index contributed by atoms with van der Waals surface area (Å²) in [7, 11) is 0. The number of hydrogen-bond acceptors (Lipinski definition) is 4. The van der Waals surface area contributed by atoms with E-state index in [2.05, 4.69) is 15.9 Å². The van der Waals surface area contributed by atoms with Crippen LogP contribution in [-0.2, 0) is 0 Å². The van der Waals surface area contributed by atoms with Gasteiger partial charge in [0, 0.05) is 5.02 Å². The number of benzene rings is 1. The molecule has 19 heavy (non-hydrogen) atoms. The number of carbonyl (C=O) groups is 2. The van der Waals surface area contributed by atoms with E-state index >= 15 is 0 Å². The van der Waals surface area contributed by atoms with Crippen molar-refractivity contribution in [2.24, 2.45) is 0 Å². The Morgan fingerprint density at radius 3 is 2.58 bits per heavy atom. The maximum absolute atomic E-state index is 11.7. The Kier molecular flexibility index (Phi) is 3.92. The first-order valence-corrected chi connectivity index (χ1v) is 6.15. The summed E-state index contributed by atoms with van der Waals surface area (Å²) in [5.74, 6) is -2.19. The van der Waals surface area contributed by atoms with E-state index in [4.69, 9.17) is 25.9 Å². The van der Waals surface area contributed by atoms with Gasteiger partial charge in [0.25, 0.3) is 0 Å². The fourth-order valence-electron chi connectivity index (χ4n) is 1.33. The number of aromatic carboxylic acids is 1. The Morgan fingerprint density at radius 2 is 2.00 bits per heavy atom. The van der Waals surface area contributed by atoms with Crippen LogP contribution in [-0.4, -0.2) is 17.0 Å². The number of furan rings is 1. The van der Waals surface area contributed by atoms with Crippen molar-refractivity contribution >= 4 is 39.5 Å². The van der Waals surface area contributed by atoms with E-state index in [0.717, 1.165) is 0 Å². The maximum Gasteiger partial charge on any atom is 0.379 e. The molecule has 2 rings (SSSR count). The van der Waals surface area contributed by atoms with Gasteiger partial charge in [-0.15, -0.1) is 0 Å². The molecule has 0 saturated carbocycles. The molecule has 0 aliphatic heterocycles. The summed E-state index contributed by atoms with van der Waals surface area (Å²) in [5.41, 5.74) is -0.202. The molecule has 0 spiro atoms. The minimum atomic E-state index is -1.24. The first kappa shape index (κ1) is 13.6. The van der Waals surface area contributed by atoms with Crippen LogP contribution >= 0.6 is 27.5 Å². The normalized spacial score (nSPS) is 10.2. The van der Waals surface area contributed by atoms with Crippen molar-refractivity contribution in [1.82, 2.24) is 0 Å². The van der Waals surface area contributed by atoms with Crippen molar-refractivity contribution < 1.29 is 23.8 Å². The number of ether oxygens (including phenoxy) is 1. The van der Waals surface area contributed by atoms with Crippen molar-refractivity contribution in [2.75, 3.05) is 0 Å². The number of hydrogen-bond donors (Lipinski definition) is 1. The summed E-state index contributed by atoms with van der Waals surface area (Å²) in [6.07, 6.45) is 0. The maximum atomic E-state index is 11.7. The van der Waals surface area contributed by atoms with E-state index in [0.29, 0.717) is 4.67 Å². The van der Waals surface area contributed by atoms with Gasteiger partial charge in [0.1, 0.15) is 11.3 Å². The van der Waals surface area contributed by atoms with E-state index in [-0.39, 0.29) is 22.1 Å². The Balaban J connectivity index is 2.28. The van der Waals surface area contributed by atoms with Crippen molar-refractivity contribution in [3.05, 3.63) is 51.3 Å². The molecule has 0 fully saturated rings. The molecule has 0 aliphatic rings. The SMILES string of the molecule is O=C(Oc1ccc(Cl)cc1C(=O)O)c1ccc(Br)o1. The summed E-state index contributed by atoms with van der Waals surface area (Å²) in [6.45, 7) is 0. The second-order valence-corrected chi connectivity index (χ2v) is 4.66. The summed E-state index contributed by atoms with van der Waals surface area (Å²) in [6, 6.07) is 6.86. The summed E-state index contributed by atoms with van der Waals surface area (Å²) < 4.78 is 10.3. The van der Waals surface area contributed by atoms with Crippen LogP contribution in [0.15, 0.2) is 39.4 Å². The average Bonchev–Trinajstić information content (AvgIpc) is 2.78. The molecule has 1 aromatic carbocycles. The molecule has 1 aromatic heterocycles. The second-order valence-electron chi connectivity index (χ2n) is 3.44. The molecule has 1 N–H and O–H groups in total. The van der Waals surface area contributed by atoms with Crippen LogP contribution in [0.1, 0.15) is 20.9 Å². The fourth-order valence-corrected chi connectivity index (χ4v) is 1.81. The third-order valence-electron chi connectivity index (χ3n) is 2.15. The molecule has 0 aliphatic carbocycles. The Hall–Kier alpha value is -1.79. The van der Waals surface area contributed by atoms with Gasteiger partial charge >= 0.3 is 11.9 Å². The number of halogens is 2. The number of carbonyl (C=O) groups excluding carboxylic acids is 1. The minimum absolute atomic E-state index is 0.0434. The van der Waals surface area contributed by atoms with Crippen LogP contribution in [0.4, 0.5) is 0 Å². The zero-order chi connectivity index (χ0) is 14.0. The minimum Gasteiger partial charge on any atom is -0.478 e. The molecule has 0 bridgehead atoms. The van der Waals surface area contributed by atoms with Gasteiger partial charge in [0.15, 0.2) is 4.67 Å². The molecule has 7 heteroatoms. The molecule has 0 radical (unpaired) electrons. The van der Waals surface area contributed by atoms with Crippen molar-refractivity contribution in [3.63, 3.8) is 0 Å². The number of esters is 1. The molecule has 0 amide bonds. The van der Waals surface area contributed by atoms with Gasteiger partial charge in [-0.2, -0.15) is 0 Å². The van der Waals surface area contributed by atoms with Crippen LogP contribution in [0.25, 0.3) is 0 Å². The zero-order valence-electron chi connectivity index (χ0n) is 9.22. The monoisotopic (exact) mass is 344 g/mol. The Labute approximate surface area is 120 Å². The molecular weight excluding hydrogens is 339 g/mol. The third-order valence-corrected chi connectivity index (χ3v) is 2.81. The summed E-state index contributed by atoms with van der Waals surface area (Å²) >= 11 is 8.74. The van der Waals surface area contributed by atoms with Crippen molar-refractivity contribution in [1.29, 1.82) is 0 Å². The van der Waals surface area contributed by atoms with Gasteiger partial charge < -0.3 is 14.3 Å². The highest BCUT2D eigenvalue weighted by molar-refractivity contribution is 9.10. The lowest BCUT2D eigenvalue weighted by Crippen LogP contribution is -2.10. The van der Waals surface area contributed by atoms with Crippen molar-refractivity contribution in [3.8, 4) is 5.75 Å². The predicted molar refractivity (Wildman–Crippen MR) is 69.8 cm³/mol. The highest BCUT2D eigenvalue weighted by Crippen LogP contribution is 2.24. The third kappa shape index (κ3) is 3.15. The van der Waals surface area contributed by atoms with E-state index < -0.39 is 11.9 Å². The van der Waals surface area contributed by atoms with Gasteiger partial charge in [0.2, 0.25) is 5.76 Å². The quantitative estimate of drug-likeness (QED) is 0.679. The van der Waals surface area contributed by atoms with Crippen molar-refractivity contribution in [2.45, 2.75) is 0 Å². The summed E-state index contributed by atoms with van der Waals surface area (Å²) in [4.78, 5) is 22.7. The number of carboxylic acids is 1. The lowest BCUT2D eigenvalue weighted by molar-refractivity contribution is 0.0669. The Bertz CT molecular complexity index is 649. The van der Waals surface area contributed by atoms with E-state index in [1.807, 2.05) is 0 Å². The molecule has 1 heterocycles. The molecule has 0 unspecified atom stereocenters. The predicted octanol–water partition coefficient (Wildman–Crippen LogP) is 3.61. The van der Waals surface area contributed by atoms with Crippen LogP contribution in [0.2, 0.25) is 5.02 Å². The fraction of sp³-hybridized carbons (Fsp3) is 0. The van der Waals surface area contributed by atoms with Gasteiger partial charge in [-0.05, 0) is 46.3 Å². The van der Waals surface area contributed by atoms with Crippen LogP contribution < -0.4 is 4.74 Å². The molecule has 2 aromatic rings. The first-order valence-electron chi connectivity index (χ1n) is 4.98. The smallest absolute Gasteiger partial charge is 0.379 e. The Morgan fingerprint density at radius 1 is 1.26 bits per heavy atom. The summed E-state index contributed by atoms with van der Waals surface area (Å²) in [5, 5.41) is 9.23. The number of rotatable bonds is 3. The van der Waals surface area contributed by atoms with Gasteiger partial charge in [-0.25, -0.2) is 9.59 Å². The van der Waals surface area contributed by atoms with E-state index in [1.165, 1.54) is 30.3 Å². The molecule has 98 valence electrons. The van der Waals surface area contributed by atoms with E-state index in [9.17, 15) is 9.59 Å². The molecule has 0 saturated heterocycles. The van der Waals surface area contributed by atoms with Crippen LogP contribution in [0, 0.1) is 0 Å². The highest BCUT2D eigenvalue weighted by Gasteiger charge is 2.18. The molecule has 5 nitrogen and oxygen atoms in total. The van der Waals surface area contributed by atoms with Gasteiger partial charge in [-0.3, -0.25) is 0 Å². The standard InChI is InChI=1S/C12H6BrClO5/c13-10-4-3-9(18-10)12(17)19-8-2-1-6(14)5-7(8)11(15)16/h1-5H,(H,15,16). The van der Waals surface area contributed by atoms with E-state index in [1.54, 1.807) is 0 Å². The van der Waals surface area contributed by atoms with Crippen LogP contribution in [0.3, 0.4) is 0 Å². The average molecular weight is 346 g/mol. The highest BCUT2D eigenvalue weighted by atomic mass is 79.9. The van der Waals surface area contributed by atoms with Crippen LogP contribution in [0.5, 0.6) is 5.75 Å². The lowest BCUT2D eigenvalue weighted by atomic mass is 10.2. The number of carboxylic acid groups (broad SMARTS) is 1. The topological polar surface area (TPSA) is 76.7 Å².